The molecule has 0 spiro atoms. The average molecular weight is 306 g/mol. The number of ether oxygens (including phenoxy) is 1. The highest BCUT2D eigenvalue weighted by molar-refractivity contribution is 7.99. The minimum Gasteiger partial charge on any atom is -0.492 e. The van der Waals surface area contributed by atoms with Crippen LogP contribution in [0.5, 0.6) is 5.75 Å². The number of hydrogen-bond acceptors (Lipinski definition) is 3. The Morgan fingerprint density at radius 2 is 2.15 bits per heavy atom. The summed E-state index contributed by atoms with van der Waals surface area (Å²) < 4.78 is 5.45. The minimum absolute atomic E-state index is 0.338. The van der Waals surface area contributed by atoms with Crippen molar-refractivity contribution in [1.82, 2.24) is 0 Å². The summed E-state index contributed by atoms with van der Waals surface area (Å²) in [5.74, 6) is 1.78. The molecule has 0 fully saturated rings. The first-order chi connectivity index (χ1) is 9.78. The number of anilines is 1. The Morgan fingerprint density at radius 3 is 2.95 bits per heavy atom. The van der Waals surface area contributed by atoms with E-state index in [1.54, 1.807) is 0 Å². The molecule has 0 saturated carbocycles. The van der Waals surface area contributed by atoms with Crippen LogP contribution < -0.4 is 10.1 Å². The Labute approximate surface area is 128 Å². The number of halogens is 1. The van der Waals surface area contributed by atoms with Gasteiger partial charge in [0, 0.05) is 16.3 Å². The van der Waals surface area contributed by atoms with Gasteiger partial charge in [-0.2, -0.15) is 0 Å². The third-order valence-corrected chi connectivity index (χ3v) is 4.75. The van der Waals surface area contributed by atoms with Crippen LogP contribution in [0, 0.1) is 0 Å². The minimum atomic E-state index is 0.338. The maximum Gasteiger partial charge on any atom is 0.138 e. The summed E-state index contributed by atoms with van der Waals surface area (Å²) in [6, 6.07) is 14.7. The van der Waals surface area contributed by atoms with Crippen molar-refractivity contribution < 1.29 is 4.74 Å². The number of nitrogens with one attached hydrogen (secondary N) is 1. The first-order valence-corrected chi connectivity index (χ1v) is 8.05. The van der Waals surface area contributed by atoms with Gasteiger partial charge in [0.2, 0.25) is 0 Å². The van der Waals surface area contributed by atoms with Crippen molar-refractivity contribution in [3.8, 4) is 5.75 Å². The summed E-state index contributed by atoms with van der Waals surface area (Å²) in [5.41, 5.74) is 2.39. The smallest absolute Gasteiger partial charge is 0.138 e. The zero-order chi connectivity index (χ0) is 13.9. The maximum atomic E-state index is 6.22. The highest BCUT2D eigenvalue weighted by Gasteiger charge is 2.22. The summed E-state index contributed by atoms with van der Waals surface area (Å²) >= 11 is 8.11. The summed E-state index contributed by atoms with van der Waals surface area (Å²) in [7, 11) is 0. The van der Waals surface area contributed by atoms with Crippen LogP contribution in [0.2, 0.25) is 5.02 Å². The Kier molecular flexibility index (Phi) is 4.08. The topological polar surface area (TPSA) is 21.3 Å². The monoisotopic (exact) mass is 305 g/mol. The molecule has 4 heteroatoms. The van der Waals surface area contributed by atoms with E-state index in [0.717, 1.165) is 17.2 Å². The van der Waals surface area contributed by atoms with E-state index in [1.165, 1.54) is 10.5 Å². The molecule has 0 amide bonds. The van der Waals surface area contributed by atoms with Gasteiger partial charge in [-0.1, -0.05) is 29.8 Å². The zero-order valence-electron chi connectivity index (χ0n) is 11.2. The highest BCUT2D eigenvalue weighted by Crippen LogP contribution is 2.40. The summed E-state index contributed by atoms with van der Waals surface area (Å²) in [6.07, 6.45) is 0. The normalized spacial score (nSPS) is 16.8. The van der Waals surface area contributed by atoms with Crippen molar-refractivity contribution in [3.05, 3.63) is 53.1 Å². The second-order valence-corrected chi connectivity index (χ2v) is 6.09. The van der Waals surface area contributed by atoms with E-state index in [-0.39, 0.29) is 0 Å². The molecule has 0 aliphatic carbocycles. The molecular formula is C16H16ClNOS. The Balaban J connectivity index is 1.78. The van der Waals surface area contributed by atoms with E-state index >= 15 is 0 Å². The lowest BCUT2D eigenvalue weighted by atomic mass is 10.1. The Hall–Kier alpha value is -1.32. The van der Waals surface area contributed by atoms with Crippen LogP contribution in [0.15, 0.2) is 47.4 Å². The molecule has 1 atom stereocenters. The second kappa shape index (κ2) is 5.98. The summed E-state index contributed by atoms with van der Waals surface area (Å²) in [6.45, 7) is 2.58. The van der Waals surface area contributed by atoms with Crippen molar-refractivity contribution >= 4 is 29.1 Å². The van der Waals surface area contributed by atoms with Crippen molar-refractivity contribution in [2.24, 2.45) is 0 Å². The standard InChI is InChI=1S/C16H16ClNOS/c1-2-19-15-8-7-11(9-13(15)17)18-14-10-20-16-6-4-3-5-12(14)16/h3-9,14,18H,2,10H2,1H3. The molecule has 1 aliphatic rings. The lowest BCUT2D eigenvalue weighted by Gasteiger charge is -2.16. The van der Waals surface area contributed by atoms with Crippen LogP contribution in [-0.2, 0) is 0 Å². The van der Waals surface area contributed by atoms with E-state index in [1.807, 2.05) is 36.9 Å². The summed E-state index contributed by atoms with van der Waals surface area (Å²) in [4.78, 5) is 1.36. The molecule has 2 aromatic carbocycles. The molecule has 0 radical (unpaired) electrons. The van der Waals surface area contributed by atoms with E-state index < -0.39 is 0 Å². The second-order valence-electron chi connectivity index (χ2n) is 4.62. The fourth-order valence-corrected chi connectivity index (χ4v) is 3.74. The molecule has 3 rings (SSSR count). The fourth-order valence-electron chi connectivity index (χ4n) is 2.35. The third-order valence-electron chi connectivity index (χ3n) is 3.27. The molecule has 1 heterocycles. The lowest BCUT2D eigenvalue weighted by Crippen LogP contribution is -2.09. The predicted octanol–water partition coefficient (Wildman–Crippen LogP) is 5.00. The van der Waals surface area contributed by atoms with E-state index in [2.05, 4.69) is 29.6 Å². The van der Waals surface area contributed by atoms with Gasteiger partial charge in [-0.25, -0.2) is 0 Å². The molecule has 20 heavy (non-hydrogen) atoms. The van der Waals surface area contributed by atoms with Crippen LogP contribution in [0.1, 0.15) is 18.5 Å². The molecule has 1 unspecified atom stereocenters. The van der Waals surface area contributed by atoms with Crippen molar-refractivity contribution in [1.29, 1.82) is 0 Å². The van der Waals surface area contributed by atoms with E-state index in [0.29, 0.717) is 17.7 Å². The van der Waals surface area contributed by atoms with Gasteiger partial charge < -0.3 is 10.1 Å². The molecule has 0 bridgehead atoms. The van der Waals surface area contributed by atoms with Gasteiger partial charge in [0.15, 0.2) is 0 Å². The van der Waals surface area contributed by atoms with Crippen molar-refractivity contribution in [2.75, 3.05) is 17.7 Å². The highest BCUT2D eigenvalue weighted by atomic mass is 35.5. The number of thioether (sulfide) groups is 1. The van der Waals surface area contributed by atoms with Gasteiger partial charge in [0.05, 0.1) is 17.7 Å². The first kappa shape index (κ1) is 13.7. The molecule has 1 N–H and O–H groups in total. The van der Waals surface area contributed by atoms with Gasteiger partial charge in [0.1, 0.15) is 5.75 Å². The van der Waals surface area contributed by atoms with Gasteiger partial charge in [-0.05, 0) is 36.8 Å². The van der Waals surface area contributed by atoms with Crippen LogP contribution >= 0.6 is 23.4 Å². The SMILES string of the molecule is CCOc1ccc(NC2CSc3ccccc32)cc1Cl. The molecule has 0 aromatic heterocycles. The van der Waals surface area contributed by atoms with Gasteiger partial charge in [-0.3, -0.25) is 0 Å². The lowest BCUT2D eigenvalue weighted by molar-refractivity contribution is 0.340. The largest absolute Gasteiger partial charge is 0.492 e. The molecule has 0 saturated heterocycles. The van der Waals surface area contributed by atoms with Crippen molar-refractivity contribution in [3.63, 3.8) is 0 Å². The number of fused-ring (bicyclic) bond motifs is 1. The molecular weight excluding hydrogens is 290 g/mol. The van der Waals surface area contributed by atoms with E-state index in [9.17, 15) is 0 Å². The quantitative estimate of drug-likeness (QED) is 0.859. The van der Waals surface area contributed by atoms with Crippen LogP contribution in [0.4, 0.5) is 5.69 Å². The fraction of sp³-hybridized carbons (Fsp3) is 0.250. The van der Waals surface area contributed by atoms with E-state index in [4.69, 9.17) is 16.3 Å². The Bertz CT molecular complexity index is 617. The van der Waals surface area contributed by atoms with Crippen molar-refractivity contribution in [2.45, 2.75) is 17.9 Å². The predicted molar refractivity (Wildman–Crippen MR) is 86.2 cm³/mol. The Morgan fingerprint density at radius 1 is 1.30 bits per heavy atom. The van der Waals surface area contributed by atoms with Crippen LogP contribution in [0.3, 0.4) is 0 Å². The molecule has 1 aliphatic heterocycles. The molecule has 104 valence electrons. The zero-order valence-corrected chi connectivity index (χ0v) is 12.8. The van der Waals surface area contributed by atoms with Gasteiger partial charge in [-0.15, -0.1) is 11.8 Å². The average Bonchev–Trinajstić information content (AvgIpc) is 2.86. The van der Waals surface area contributed by atoms with Gasteiger partial charge >= 0.3 is 0 Å². The summed E-state index contributed by atoms with van der Waals surface area (Å²) in [5, 5.41) is 4.20. The maximum absolute atomic E-state index is 6.22. The van der Waals surface area contributed by atoms with Gasteiger partial charge in [0.25, 0.3) is 0 Å². The first-order valence-electron chi connectivity index (χ1n) is 6.68. The third kappa shape index (κ3) is 2.74. The number of benzene rings is 2. The number of hydrogen-bond donors (Lipinski definition) is 1. The molecule has 2 nitrogen and oxygen atoms in total. The van der Waals surface area contributed by atoms with Crippen LogP contribution in [0.25, 0.3) is 0 Å². The van der Waals surface area contributed by atoms with Crippen LogP contribution in [-0.4, -0.2) is 12.4 Å². The number of rotatable bonds is 4. The molecule has 2 aromatic rings.